The highest BCUT2D eigenvalue weighted by Gasteiger charge is 2.11. The van der Waals surface area contributed by atoms with Crippen LogP contribution < -0.4 is 10.6 Å². The molecule has 0 aliphatic rings. The number of fused-ring (bicyclic) bond motifs is 1. The first-order valence-electron chi connectivity index (χ1n) is 6.18. The Morgan fingerprint density at radius 1 is 1.35 bits per heavy atom. The topological polar surface area (TPSA) is 91.3 Å². The van der Waals surface area contributed by atoms with Crippen LogP contribution in [0.2, 0.25) is 0 Å². The van der Waals surface area contributed by atoms with Crippen LogP contribution in [-0.4, -0.2) is 28.1 Å². The molecule has 1 atom stereocenters. The van der Waals surface area contributed by atoms with E-state index in [1.807, 2.05) is 18.2 Å². The molecule has 0 aliphatic heterocycles. The molecule has 2 amide bonds. The van der Waals surface area contributed by atoms with Crippen molar-refractivity contribution >= 4 is 28.5 Å². The number of nitrogens with zero attached hydrogens (tertiary/aromatic N) is 1. The van der Waals surface area contributed by atoms with Crippen molar-refractivity contribution in [2.45, 2.75) is 19.4 Å². The highest BCUT2D eigenvalue weighted by Crippen LogP contribution is 2.21. The smallest absolute Gasteiger partial charge is 0.319 e. The predicted molar refractivity (Wildman–Crippen MR) is 75.6 cm³/mol. The summed E-state index contributed by atoms with van der Waals surface area (Å²) < 4.78 is 0. The number of aromatic nitrogens is 1. The summed E-state index contributed by atoms with van der Waals surface area (Å²) in [7, 11) is 0. The van der Waals surface area contributed by atoms with Gasteiger partial charge in [0.2, 0.25) is 0 Å². The molecule has 6 nitrogen and oxygen atoms in total. The number of aliphatic carboxylic acids is 1. The predicted octanol–water partition coefficient (Wildman–Crippen LogP) is 2.22. The molecule has 0 radical (unpaired) electrons. The summed E-state index contributed by atoms with van der Waals surface area (Å²) >= 11 is 0. The van der Waals surface area contributed by atoms with Gasteiger partial charge in [0.15, 0.2) is 0 Å². The first-order valence-corrected chi connectivity index (χ1v) is 6.18. The van der Waals surface area contributed by atoms with Crippen LogP contribution in [-0.2, 0) is 4.79 Å². The Hall–Kier alpha value is -2.63. The molecule has 1 aromatic carbocycles. The Kier molecular flexibility index (Phi) is 4.14. The molecule has 20 heavy (non-hydrogen) atoms. The van der Waals surface area contributed by atoms with Crippen LogP contribution in [0, 0.1) is 0 Å². The van der Waals surface area contributed by atoms with E-state index in [9.17, 15) is 9.59 Å². The summed E-state index contributed by atoms with van der Waals surface area (Å²) in [4.78, 5) is 26.4. The molecule has 0 fully saturated rings. The fourth-order valence-corrected chi connectivity index (χ4v) is 1.92. The Morgan fingerprint density at radius 2 is 2.15 bits per heavy atom. The van der Waals surface area contributed by atoms with Crippen molar-refractivity contribution in [3.8, 4) is 0 Å². The van der Waals surface area contributed by atoms with Crippen molar-refractivity contribution < 1.29 is 14.7 Å². The Balaban J connectivity index is 2.08. The van der Waals surface area contributed by atoms with E-state index in [0.717, 1.165) is 10.8 Å². The number of carboxylic acids is 1. The molecule has 104 valence electrons. The summed E-state index contributed by atoms with van der Waals surface area (Å²) in [5.41, 5.74) is 0.635. The van der Waals surface area contributed by atoms with Crippen LogP contribution in [0.4, 0.5) is 10.5 Å². The number of carbonyl (C=O) groups is 2. The van der Waals surface area contributed by atoms with Gasteiger partial charge in [-0.05, 0) is 24.4 Å². The van der Waals surface area contributed by atoms with Gasteiger partial charge in [-0.25, -0.2) is 4.79 Å². The molecule has 6 heteroatoms. The summed E-state index contributed by atoms with van der Waals surface area (Å²) in [5, 5.41) is 15.7. The molecule has 1 heterocycles. The zero-order valence-corrected chi connectivity index (χ0v) is 11.0. The largest absolute Gasteiger partial charge is 0.481 e. The number of hydrogen-bond acceptors (Lipinski definition) is 3. The van der Waals surface area contributed by atoms with Gasteiger partial charge in [-0.1, -0.05) is 12.1 Å². The normalized spacial score (nSPS) is 11.8. The third kappa shape index (κ3) is 3.44. The van der Waals surface area contributed by atoms with Crippen LogP contribution >= 0.6 is 0 Å². The fraction of sp³-hybridized carbons (Fsp3) is 0.214. The number of carboxylic acid groups (broad SMARTS) is 1. The molecule has 2 aromatic rings. The number of hydrogen-bond donors (Lipinski definition) is 3. The average Bonchev–Trinajstić information content (AvgIpc) is 2.38. The van der Waals surface area contributed by atoms with E-state index in [2.05, 4.69) is 15.6 Å². The molecule has 0 saturated heterocycles. The maximum Gasteiger partial charge on any atom is 0.319 e. The highest BCUT2D eigenvalue weighted by atomic mass is 16.4. The second kappa shape index (κ2) is 6.01. The molecular formula is C14H15N3O3. The number of rotatable bonds is 4. The van der Waals surface area contributed by atoms with Gasteiger partial charge in [0.1, 0.15) is 0 Å². The SMILES string of the molecule is CC(CC(=O)O)NC(=O)Nc1cccc2ccncc12. The number of carbonyl (C=O) groups excluding carboxylic acids is 1. The molecule has 3 N–H and O–H groups in total. The lowest BCUT2D eigenvalue weighted by molar-refractivity contribution is -0.137. The first-order chi connectivity index (χ1) is 9.56. The maximum absolute atomic E-state index is 11.8. The molecular weight excluding hydrogens is 258 g/mol. The molecule has 0 aliphatic carbocycles. The van der Waals surface area contributed by atoms with Gasteiger partial charge in [0.25, 0.3) is 0 Å². The molecule has 1 aromatic heterocycles. The van der Waals surface area contributed by atoms with Gasteiger partial charge in [0, 0.05) is 23.8 Å². The van der Waals surface area contributed by atoms with Gasteiger partial charge in [-0.15, -0.1) is 0 Å². The van der Waals surface area contributed by atoms with Gasteiger partial charge in [0.05, 0.1) is 12.1 Å². The third-order valence-electron chi connectivity index (χ3n) is 2.79. The lowest BCUT2D eigenvalue weighted by Crippen LogP contribution is -2.37. The number of amides is 2. The fourth-order valence-electron chi connectivity index (χ4n) is 1.92. The molecule has 0 saturated carbocycles. The number of urea groups is 1. The van der Waals surface area contributed by atoms with Crippen molar-refractivity contribution in [1.82, 2.24) is 10.3 Å². The minimum absolute atomic E-state index is 0.121. The third-order valence-corrected chi connectivity index (χ3v) is 2.79. The zero-order chi connectivity index (χ0) is 14.5. The lowest BCUT2D eigenvalue weighted by atomic mass is 10.1. The van der Waals surface area contributed by atoms with E-state index in [0.29, 0.717) is 5.69 Å². The van der Waals surface area contributed by atoms with Crippen molar-refractivity contribution in [2.24, 2.45) is 0 Å². The quantitative estimate of drug-likeness (QED) is 0.796. The van der Waals surface area contributed by atoms with Gasteiger partial charge in [-0.3, -0.25) is 9.78 Å². The van der Waals surface area contributed by atoms with Crippen molar-refractivity contribution in [3.05, 3.63) is 36.7 Å². The van der Waals surface area contributed by atoms with E-state index in [1.165, 1.54) is 0 Å². The average molecular weight is 273 g/mol. The minimum Gasteiger partial charge on any atom is -0.481 e. The van der Waals surface area contributed by atoms with Gasteiger partial charge in [-0.2, -0.15) is 0 Å². The summed E-state index contributed by atoms with van der Waals surface area (Å²) in [6, 6.07) is 6.50. The van der Waals surface area contributed by atoms with Crippen molar-refractivity contribution in [3.63, 3.8) is 0 Å². The number of nitrogens with one attached hydrogen (secondary N) is 2. The Bertz CT molecular complexity index is 637. The molecule has 0 spiro atoms. The molecule has 0 bridgehead atoms. The maximum atomic E-state index is 11.8. The van der Waals surface area contributed by atoms with E-state index < -0.39 is 18.0 Å². The van der Waals surface area contributed by atoms with E-state index in [1.54, 1.807) is 25.4 Å². The van der Waals surface area contributed by atoms with Crippen LogP contribution in [0.15, 0.2) is 36.7 Å². The molecule has 2 rings (SSSR count). The summed E-state index contributed by atoms with van der Waals surface area (Å²) in [5.74, 6) is -0.952. The van der Waals surface area contributed by atoms with E-state index in [4.69, 9.17) is 5.11 Å². The summed E-state index contributed by atoms with van der Waals surface area (Å²) in [6.07, 6.45) is 3.23. The zero-order valence-electron chi connectivity index (χ0n) is 11.0. The highest BCUT2D eigenvalue weighted by molar-refractivity contribution is 6.01. The Labute approximate surface area is 115 Å². The second-order valence-corrected chi connectivity index (χ2v) is 4.50. The monoisotopic (exact) mass is 273 g/mol. The molecule has 1 unspecified atom stereocenters. The van der Waals surface area contributed by atoms with Crippen LogP contribution in [0.3, 0.4) is 0 Å². The van der Waals surface area contributed by atoms with E-state index >= 15 is 0 Å². The van der Waals surface area contributed by atoms with Crippen LogP contribution in [0.25, 0.3) is 10.8 Å². The second-order valence-electron chi connectivity index (χ2n) is 4.50. The van der Waals surface area contributed by atoms with Gasteiger partial charge >= 0.3 is 12.0 Å². The first kappa shape index (κ1) is 13.8. The number of anilines is 1. The lowest BCUT2D eigenvalue weighted by Gasteiger charge is -2.13. The number of benzene rings is 1. The summed E-state index contributed by atoms with van der Waals surface area (Å²) in [6.45, 7) is 1.64. The van der Waals surface area contributed by atoms with Crippen LogP contribution in [0.5, 0.6) is 0 Å². The minimum atomic E-state index is -0.952. The Morgan fingerprint density at radius 3 is 2.90 bits per heavy atom. The standard InChI is InChI=1S/C14H15N3O3/c1-9(7-13(18)19)16-14(20)17-12-4-2-3-10-5-6-15-8-11(10)12/h2-6,8-9H,7H2,1H3,(H,18,19)(H2,16,17,20). The van der Waals surface area contributed by atoms with Crippen molar-refractivity contribution in [2.75, 3.05) is 5.32 Å². The van der Waals surface area contributed by atoms with E-state index in [-0.39, 0.29) is 6.42 Å². The number of pyridine rings is 1. The van der Waals surface area contributed by atoms with Crippen molar-refractivity contribution in [1.29, 1.82) is 0 Å². The van der Waals surface area contributed by atoms with Crippen LogP contribution in [0.1, 0.15) is 13.3 Å². The van der Waals surface area contributed by atoms with Gasteiger partial charge < -0.3 is 15.7 Å².